The maximum atomic E-state index is 9.64. The Balaban J connectivity index is 1.18. The summed E-state index contributed by atoms with van der Waals surface area (Å²) in [6.07, 6.45) is 12.8. The molecule has 3 saturated carbocycles. The molecule has 0 spiro atoms. The summed E-state index contributed by atoms with van der Waals surface area (Å²) < 4.78 is 5.44. The van der Waals surface area contributed by atoms with Gasteiger partial charge < -0.3 is 26.4 Å². The number of ether oxygens (including phenoxy) is 1. The average Bonchev–Trinajstić information content (AvgIpc) is 2.92. The molecule has 3 aliphatic carbocycles. The molecule has 5 rings (SSSR count). The van der Waals surface area contributed by atoms with Crippen LogP contribution in [0.1, 0.15) is 68.9 Å². The number of aromatic nitrogens is 2. The summed E-state index contributed by atoms with van der Waals surface area (Å²) in [7, 11) is 1.67. The number of methoxy groups -OCH3 is 1. The summed E-state index contributed by atoms with van der Waals surface area (Å²) in [5, 5.41) is 20.5. The first-order valence-electron chi connectivity index (χ1n) is 14.0. The van der Waals surface area contributed by atoms with Gasteiger partial charge in [-0.15, -0.1) is 0 Å². The van der Waals surface area contributed by atoms with Crippen molar-refractivity contribution in [3.63, 3.8) is 0 Å². The number of hydrogen-bond donors (Lipinski definition) is 4. The minimum absolute atomic E-state index is 0.399. The number of hydrogen-bond acceptors (Lipinski definition) is 8. The second-order valence-corrected chi connectivity index (χ2v) is 11.2. The third-order valence-electron chi connectivity index (χ3n) is 8.73. The lowest BCUT2D eigenvalue weighted by Gasteiger charge is -2.48. The highest BCUT2D eigenvalue weighted by atomic mass is 16.5. The van der Waals surface area contributed by atoms with Gasteiger partial charge in [0.25, 0.3) is 0 Å². The van der Waals surface area contributed by atoms with Gasteiger partial charge in [-0.2, -0.15) is 10.2 Å². The first kappa shape index (κ1) is 25.7. The van der Waals surface area contributed by atoms with Crippen molar-refractivity contribution in [3.8, 4) is 11.8 Å². The molecule has 0 saturated heterocycles. The van der Waals surface area contributed by atoms with Crippen LogP contribution < -0.4 is 26.4 Å². The zero-order valence-corrected chi connectivity index (χ0v) is 22.0. The first-order chi connectivity index (χ1) is 18.1. The zero-order valence-electron chi connectivity index (χ0n) is 22.0. The van der Waals surface area contributed by atoms with E-state index in [4.69, 9.17) is 10.5 Å². The van der Waals surface area contributed by atoms with E-state index in [0.29, 0.717) is 47.9 Å². The van der Waals surface area contributed by atoms with Crippen molar-refractivity contribution in [2.24, 2.45) is 23.5 Å². The zero-order chi connectivity index (χ0) is 25.6. The maximum Gasteiger partial charge on any atom is 0.224 e. The molecule has 5 N–H and O–H groups in total. The van der Waals surface area contributed by atoms with Gasteiger partial charge in [0, 0.05) is 36.8 Å². The van der Waals surface area contributed by atoms with Crippen molar-refractivity contribution >= 4 is 11.8 Å². The number of nitrogens with zero attached hydrogens (tertiary/aromatic N) is 3. The van der Waals surface area contributed by atoms with Crippen LogP contribution in [-0.4, -0.2) is 41.7 Å². The van der Waals surface area contributed by atoms with E-state index >= 15 is 0 Å². The second-order valence-electron chi connectivity index (χ2n) is 11.2. The Bertz CT molecular complexity index is 1060. The SMILES string of the molecule is COc1ccccc1CNc1ncc(C#N)c(NCC2C[C@H]3CCC[C@@H](C2)[C@@H]3NC2CCC(N)CC2)n1. The summed E-state index contributed by atoms with van der Waals surface area (Å²) in [4.78, 5) is 9.00. The van der Waals surface area contributed by atoms with E-state index in [1.165, 1.54) is 44.9 Å². The van der Waals surface area contributed by atoms with Gasteiger partial charge in [-0.1, -0.05) is 24.6 Å². The average molecular weight is 504 g/mol. The number of rotatable bonds is 9. The number of anilines is 2. The largest absolute Gasteiger partial charge is 0.496 e. The fraction of sp³-hybridized carbons (Fsp3) is 0.621. The van der Waals surface area contributed by atoms with E-state index in [9.17, 15) is 5.26 Å². The van der Waals surface area contributed by atoms with E-state index in [2.05, 4.69) is 32.0 Å². The van der Waals surface area contributed by atoms with Gasteiger partial charge in [0.15, 0.2) is 0 Å². The van der Waals surface area contributed by atoms with Gasteiger partial charge in [-0.25, -0.2) is 4.98 Å². The Morgan fingerprint density at radius 3 is 2.54 bits per heavy atom. The highest BCUT2D eigenvalue weighted by Crippen LogP contribution is 2.43. The van der Waals surface area contributed by atoms with Crippen LogP contribution in [0, 0.1) is 29.1 Å². The number of benzene rings is 1. The minimum atomic E-state index is 0.399. The minimum Gasteiger partial charge on any atom is -0.496 e. The summed E-state index contributed by atoms with van der Waals surface area (Å²) >= 11 is 0. The molecule has 198 valence electrons. The van der Waals surface area contributed by atoms with Crippen molar-refractivity contribution in [3.05, 3.63) is 41.6 Å². The molecule has 1 unspecified atom stereocenters. The summed E-state index contributed by atoms with van der Waals surface area (Å²) in [5.41, 5.74) is 7.64. The van der Waals surface area contributed by atoms with Gasteiger partial charge in [0.05, 0.1) is 13.3 Å². The van der Waals surface area contributed by atoms with E-state index < -0.39 is 0 Å². The predicted octanol–water partition coefficient (Wildman–Crippen LogP) is 4.44. The lowest BCUT2D eigenvalue weighted by molar-refractivity contribution is 0.0750. The van der Waals surface area contributed by atoms with Crippen molar-refractivity contribution in [1.29, 1.82) is 5.26 Å². The number of nitrogens with one attached hydrogen (secondary N) is 3. The van der Waals surface area contributed by atoms with Crippen LogP contribution in [0.5, 0.6) is 5.75 Å². The quantitative estimate of drug-likeness (QED) is 0.396. The molecular weight excluding hydrogens is 462 g/mol. The van der Waals surface area contributed by atoms with Gasteiger partial charge >= 0.3 is 0 Å². The Hall–Kier alpha value is -2.89. The summed E-state index contributed by atoms with van der Waals surface area (Å²) in [5.74, 6) is 4.03. The Kier molecular flexibility index (Phi) is 8.42. The van der Waals surface area contributed by atoms with Crippen LogP contribution >= 0.6 is 0 Å². The van der Waals surface area contributed by atoms with E-state index in [1.807, 2.05) is 24.3 Å². The molecule has 0 radical (unpaired) electrons. The Morgan fingerprint density at radius 2 is 1.81 bits per heavy atom. The van der Waals surface area contributed by atoms with Crippen molar-refractivity contribution in [2.75, 3.05) is 24.3 Å². The van der Waals surface area contributed by atoms with Crippen LogP contribution in [0.4, 0.5) is 11.8 Å². The van der Waals surface area contributed by atoms with Crippen LogP contribution in [0.2, 0.25) is 0 Å². The number of nitriles is 1. The van der Waals surface area contributed by atoms with E-state index in [1.54, 1.807) is 13.3 Å². The molecule has 1 aromatic heterocycles. The van der Waals surface area contributed by atoms with Crippen LogP contribution in [0.15, 0.2) is 30.5 Å². The number of nitrogens with two attached hydrogens (primary N) is 1. The lowest BCUT2D eigenvalue weighted by Crippen LogP contribution is -2.54. The van der Waals surface area contributed by atoms with Crippen molar-refractivity contribution in [2.45, 2.75) is 82.5 Å². The maximum absolute atomic E-state index is 9.64. The van der Waals surface area contributed by atoms with E-state index in [-0.39, 0.29) is 0 Å². The molecule has 4 atom stereocenters. The normalized spacial score (nSPS) is 29.2. The molecule has 3 aliphatic rings. The van der Waals surface area contributed by atoms with Gasteiger partial charge in [0.2, 0.25) is 5.95 Å². The lowest BCUT2D eigenvalue weighted by atomic mass is 9.64. The molecule has 8 heteroatoms. The number of para-hydroxylation sites is 1. The van der Waals surface area contributed by atoms with Gasteiger partial charge in [-0.3, -0.25) is 0 Å². The molecular formula is C29H41N7O. The molecule has 3 fully saturated rings. The topological polar surface area (TPSA) is 121 Å². The van der Waals surface area contributed by atoms with Crippen molar-refractivity contribution in [1.82, 2.24) is 15.3 Å². The molecule has 0 aliphatic heterocycles. The molecule has 37 heavy (non-hydrogen) atoms. The first-order valence-corrected chi connectivity index (χ1v) is 14.0. The molecule has 1 aromatic carbocycles. The fourth-order valence-electron chi connectivity index (χ4n) is 6.81. The molecule has 1 heterocycles. The van der Waals surface area contributed by atoms with Crippen LogP contribution in [-0.2, 0) is 6.54 Å². The monoisotopic (exact) mass is 503 g/mol. The molecule has 8 nitrogen and oxygen atoms in total. The summed E-state index contributed by atoms with van der Waals surface area (Å²) in [6, 6.07) is 11.8. The Morgan fingerprint density at radius 1 is 1.05 bits per heavy atom. The highest BCUT2D eigenvalue weighted by molar-refractivity contribution is 5.53. The Labute approximate surface area is 220 Å². The van der Waals surface area contributed by atoms with Gasteiger partial charge in [-0.05, 0) is 75.2 Å². The van der Waals surface area contributed by atoms with Gasteiger partial charge in [0.1, 0.15) is 23.2 Å². The van der Waals surface area contributed by atoms with Crippen LogP contribution in [0.25, 0.3) is 0 Å². The highest BCUT2D eigenvalue weighted by Gasteiger charge is 2.41. The summed E-state index contributed by atoms with van der Waals surface area (Å²) in [6.45, 7) is 1.39. The molecule has 2 aromatic rings. The molecule has 0 amide bonds. The third kappa shape index (κ3) is 6.34. The number of fused-ring (bicyclic) bond motifs is 2. The van der Waals surface area contributed by atoms with Crippen molar-refractivity contribution < 1.29 is 4.74 Å². The molecule has 2 bridgehead atoms. The third-order valence-corrected chi connectivity index (χ3v) is 8.73. The predicted molar refractivity (Wildman–Crippen MR) is 146 cm³/mol. The fourth-order valence-corrected chi connectivity index (χ4v) is 6.81. The second kappa shape index (κ2) is 12.1. The van der Waals surface area contributed by atoms with E-state index in [0.717, 1.165) is 42.5 Å². The standard InChI is InChI=1S/C29H41N7O/c1-37-26-8-3-2-5-22(26)17-33-29-34-18-23(15-30)28(36-29)32-16-19-13-20-6-4-7-21(14-19)27(20)35-25-11-9-24(31)10-12-25/h2-3,5,8,18-21,24-25,27,35H,4,6-7,9-14,16-17,31H2,1H3,(H2,32,33,34,36)/t19?,20-,21+,24?,25?,27-. The smallest absolute Gasteiger partial charge is 0.224 e. The van der Waals surface area contributed by atoms with Crippen LogP contribution in [0.3, 0.4) is 0 Å².